The van der Waals surface area contributed by atoms with Crippen LogP contribution in [0.3, 0.4) is 0 Å². The Morgan fingerprint density at radius 2 is 1.81 bits per heavy atom. The maximum Gasteiger partial charge on any atom is 0.325 e. The monoisotopic (exact) mass is 508 g/mol. The summed E-state index contributed by atoms with van der Waals surface area (Å²) in [5.74, 6) is -1.20. The van der Waals surface area contributed by atoms with E-state index >= 15 is 0 Å². The molecule has 5 amide bonds. The van der Waals surface area contributed by atoms with Crippen molar-refractivity contribution in [3.63, 3.8) is 0 Å². The second-order valence-electron chi connectivity index (χ2n) is 8.65. The van der Waals surface area contributed by atoms with Gasteiger partial charge in [0, 0.05) is 12.1 Å². The van der Waals surface area contributed by atoms with Crippen molar-refractivity contribution in [2.75, 3.05) is 32.6 Å². The highest BCUT2D eigenvalue weighted by Crippen LogP contribution is 2.31. The number of nitrogens with one attached hydrogen (secondary N) is 2. The molecule has 36 heavy (non-hydrogen) atoms. The highest BCUT2D eigenvalue weighted by atomic mass is 35.5. The van der Waals surface area contributed by atoms with Crippen LogP contribution in [0.1, 0.15) is 12.5 Å². The Morgan fingerprint density at radius 1 is 1.08 bits per heavy atom. The molecule has 0 aromatic heterocycles. The van der Waals surface area contributed by atoms with Crippen molar-refractivity contribution in [3.8, 4) is 5.75 Å². The fourth-order valence-corrected chi connectivity index (χ4v) is 4.24. The fourth-order valence-electron chi connectivity index (χ4n) is 4.06. The predicted octanol–water partition coefficient (Wildman–Crippen LogP) is 3.37. The molecule has 186 valence electrons. The van der Waals surface area contributed by atoms with Crippen LogP contribution in [0.5, 0.6) is 5.75 Å². The number of rotatable bonds is 7. The van der Waals surface area contributed by atoms with Crippen LogP contribution in [-0.2, 0) is 19.9 Å². The van der Waals surface area contributed by atoms with Crippen LogP contribution in [-0.4, -0.2) is 60.8 Å². The standard InChI is InChI=1S/C26H25ClN4O5/c1-26(18-9-8-16-6-4-5-7-17(16)12-18)24(34)31(25(35)29-26)15-23(33)30(2)14-22(32)28-20-13-19(27)10-11-21(20)36-3/h4-13H,14-15H2,1-3H3,(H,28,32)(H,29,35)/t26-/m1/s1. The molecule has 0 spiro atoms. The molecule has 9 nitrogen and oxygen atoms in total. The first-order valence-electron chi connectivity index (χ1n) is 11.1. The van der Waals surface area contributed by atoms with Gasteiger partial charge >= 0.3 is 6.03 Å². The first-order chi connectivity index (χ1) is 17.1. The lowest BCUT2D eigenvalue weighted by atomic mass is 9.90. The lowest BCUT2D eigenvalue weighted by Gasteiger charge is -2.23. The molecule has 0 radical (unpaired) electrons. The van der Waals surface area contributed by atoms with Gasteiger partial charge in [0.25, 0.3) is 5.91 Å². The number of halogens is 1. The quantitative estimate of drug-likeness (QED) is 0.476. The number of carbonyl (C=O) groups is 4. The third kappa shape index (κ3) is 4.83. The molecule has 1 fully saturated rings. The molecule has 4 rings (SSSR count). The summed E-state index contributed by atoms with van der Waals surface area (Å²) in [6.45, 7) is 0.801. The summed E-state index contributed by atoms with van der Waals surface area (Å²) in [6, 6.07) is 17.3. The lowest BCUT2D eigenvalue weighted by molar-refractivity contribution is -0.139. The number of likely N-dealkylation sites (N-methyl/N-ethyl adjacent to an activating group) is 1. The highest BCUT2D eigenvalue weighted by molar-refractivity contribution is 6.31. The van der Waals surface area contributed by atoms with Gasteiger partial charge in [-0.15, -0.1) is 0 Å². The van der Waals surface area contributed by atoms with E-state index in [0.717, 1.165) is 20.6 Å². The number of ether oxygens (including phenoxy) is 1. The van der Waals surface area contributed by atoms with Crippen molar-refractivity contribution in [1.29, 1.82) is 0 Å². The first-order valence-corrected chi connectivity index (χ1v) is 11.5. The van der Waals surface area contributed by atoms with Gasteiger partial charge in [-0.1, -0.05) is 48.0 Å². The number of imide groups is 1. The Bertz CT molecular complexity index is 1380. The van der Waals surface area contributed by atoms with Crippen LogP contribution in [0.25, 0.3) is 10.8 Å². The van der Waals surface area contributed by atoms with Crippen molar-refractivity contribution >= 4 is 51.8 Å². The zero-order valence-corrected chi connectivity index (χ0v) is 20.8. The van der Waals surface area contributed by atoms with Crippen molar-refractivity contribution in [2.24, 2.45) is 0 Å². The number of nitrogens with zero attached hydrogens (tertiary/aromatic N) is 2. The van der Waals surface area contributed by atoms with Gasteiger partial charge in [0.2, 0.25) is 11.8 Å². The molecule has 1 aliphatic heterocycles. The fraction of sp³-hybridized carbons (Fsp3) is 0.231. The predicted molar refractivity (Wildman–Crippen MR) is 136 cm³/mol. The zero-order chi connectivity index (χ0) is 26.0. The van der Waals surface area contributed by atoms with Gasteiger partial charge in [-0.05, 0) is 47.5 Å². The molecule has 1 atom stereocenters. The van der Waals surface area contributed by atoms with E-state index in [4.69, 9.17) is 16.3 Å². The van der Waals surface area contributed by atoms with Crippen molar-refractivity contribution in [3.05, 3.63) is 71.2 Å². The Hall–Kier alpha value is -4.11. The van der Waals surface area contributed by atoms with E-state index in [2.05, 4.69) is 10.6 Å². The Labute approximate surface area is 212 Å². The van der Waals surface area contributed by atoms with Crippen LogP contribution in [0, 0.1) is 0 Å². The van der Waals surface area contributed by atoms with Gasteiger partial charge in [-0.25, -0.2) is 4.79 Å². The summed E-state index contributed by atoms with van der Waals surface area (Å²) in [5.41, 5.74) is -0.352. The van der Waals surface area contributed by atoms with Gasteiger partial charge < -0.3 is 20.3 Å². The summed E-state index contributed by atoms with van der Waals surface area (Å²) < 4.78 is 5.20. The third-order valence-electron chi connectivity index (χ3n) is 6.14. The van der Waals surface area contributed by atoms with Crippen LogP contribution < -0.4 is 15.4 Å². The van der Waals surface area contributed by atoms with E-state index in [-0.39, 0.29) is 6.54 Å². The zero-order valence-electron chi connectivity index (χ0n) is 20.0. The molecule has 3 aromatic carbocycles. The number of amides is 5. The van der Waals surface area contributed by atoms with E-state index in [9.17, 15) is 19.2 Å². The summed E-state index contributed by atoms with van der Waals surface area (Å²) >= 11 is 5.99. The molecule has 10 heteroatoms. The minimum atomic E-state index is -1.32. The van der Waals surface area contributed by atoms with Gasteiger partial charge in [0.05, 0.1) is 19.3 Å². The van der Waals surface area contributed by atoms with Crippen molar-refractivity contribution in [2.45, 2.75) is 12.5 Å². The molecule has 0 saturated carbocycles. The SMILES string of the molecule is COc1ccc(Cl)cc1NC(=O)CN(C)C(=O)CN1C(=O)N[C@](C)(c2ccc3ccccc3c2)C1=O. The number of fused-ring (bicyclic) bond motifs is 1. The van der Waals surface area contributed by atoms with Crippen LogP contribution in [0.2, 0.25) is 5.02 Å². The first kappa shape index (κ1) is 25.0. The van der Waals surface area contributed by atoms with Crippen LogP contribution >= 0.6 is 11.6 Å². The van der Waals surface area contributed by atoms with Crippen molar-refractivity contribution in [1.82, 2.24) is 15.1 Å². The number of benzene rings is 3. The highest BCUT2D eigenvalue weighted by Gasteiger charge is 2.49. The maximum atomic E-state index is 13.3. The topological polar surface area (TPSA) is 108 Å². The Kier molecular flexibility index (Phi) is 6.85. The van der Waals surface area contributed by atoms with E-state index < -0.39 is 35.8 Å². The van der Waals surface area contributed by atoms with Gasteiger partial charge in [0.15, 0.2) is 0 Å². The molecule has 3 aromatic rings. The molecule has 1 saturated heterocycles. The molecular weight excluding hydrogens is 484 g/mol. The molecule has 1 heterocycles. The minimum Gasteiger partial charge on any atom is -0.495 e. The Balaban J connectivity index is 1.42. The molecule has 2 N–H and O–H groups in total. The summed E-state index contributed by atoms with van der Waals surface area (Å²) in [6.07, 6.45) is 0. The number of urea groups is 1. The number of carbonyl (C=O) groups excluding carboxylic acids is 4. The van der Waals surface area contributed by atoms with Crippen molar-refractivity contribution < 1.29 is 23.9 Å². The number of anilines is 1. The number of hydrogen-bond donors (Lipinski definition) is 2. The minimum absolute atomic E-state index is 0.305. The normalized spacial score (nSPS) is 17.2. The van der Waals surface area contributed by atoms with Gasteiger partial charge in [-0.2, -0.15) is 0 Å². The molecule has 0 aliphatic carbocycles. The molecular formula is C26H25ClN4O5. The molecule has 0 unspecified atom stereocenters. The van der Waals surface area contributed by atoms with Gasteiger partial charge in [0.1, 0.15) is 17.8 Å². The van der Waals surface area contributed by atoms with E-state index in [1.165, 1.54) is 20.2 Å². The van der Waals surface area contributed by atoms with E-state index in [1.807, 2.05) is 36.4 Å². The summed E-state index contributed by atoms with van der Waals surface area (Å²) in [4.78, 5) is 53.3. The second-order valence-corrected chi connectivity index (χ2v) is 9.09. The van der Waals surface area contributed by atoms with E-state index in [1.54, 1.807) is 25.1 Å². The molecule has 0 bridgehead atoms. The average molecular weight is 509 g/mol. The number of methoxy groups -OCH3 is 1. The largest absolute Gasteiger partial charge is 0.495 e. The van der Waals surface area contributed by atoms with Crippen LogP contribution in [0.15, 0.2) is 60.7 Å². The summed E-state index contributed by atoms with van der Waals surface area (Å²) in [5, 5.41) is 7.69. The lowest BCUT2D eigenvalue weighted by Crippen LogP contribution is -2.45. The second kappa shape index (κ2) is 9.87. The average Bonchev–Trinajstić information content (AvgIpc) is 3.07. The molecule has 1 aliphatic rings. The summed E-state index contributed by atoms with van der Waals surface area (Å²) in [7, 11) is 2.87. The van der Waals surface area contributed by atoms with Gasteiger partial charge in [-0.3, -0.25) is 19.3 Å². The Morgan fingerprint density at radius 3 is 2.53 bits per heavy atom. The smallest absolute Gasteiger partial charge is 0.325 e. The van der Waals surface area contributed by atoms with Crippen LogP contribution in [0.4, 0.5) is 10.5 Å². The maximum absolute atomic E-state index is 13.3. The third-order valence-corrected chi connectivity index (χ3v) is 6.37. The van der Waals surface area contributed by atoms with E-state index in [0.29, 0.717) is 22.0 Å². The number of hydrogen-bond acceptors (Lipinski definition) is 5.